The molecule has 3 heterocycles. The number of morpholine rings is 1. The molecular formula is C19H26N6O3S. The highest BCUT2D eigenvalue weighted by Gasteiger charge is 2.31. The molecule has 4 rings (SSSR count). The zero-order valence-corrected chi connectivity index (χ0v) is 17.7. The van der Waals surface area contributed by atoms with Crippen LogP contribution >= 0.6 is 11.3 Å². The van der Waals surface area contributed by atoms with E-state index in [1.165, 1.54) is 11.3 Å². The van der Waals surface area contributed by atoms with Gasteiger partial charge in [-0.15, -0.1) is 11.3 Å². The van der Waals surface area contributed by atoms with Crippen molar-refractivity contribution in [1.29, 1.82) is 0 Å². The molecule has 1 saturated carbocycles. The van der Waals surface area contributed by atoms with E-state index in [1.807, 2.05) is 26.8 Å². The van der Waals surface area contributed by atoms with Crippen molar-refractivity contribution in [3.63, 3.8) is 0 Å². The number of hydrogen-bond acceptors (Lipinski definition) is 7. The lowest BCUT2D eigenvalue weighted by Gasteiger charge is -2.25. The van der Waals surface area contributed by atoms with Gasteiger partial charge in [-0.05, 0) is 39.7 Å². The van der Waals surface area contributed by atoms with Gasteiger partial charge in [0.05, 0.1) is 24.4 Å². The highest BCUT2D eigenvalue weighted by Crippen LogP contribution is 2.40. The molecule has 2 fully saturated rings. The molecule has 2 aromatic heterocycles. The van der Waals surface area contributed by atoms with Crippen molar-refractivity contribution in [1.82, 2.24) is 25.6 Å². The minimum Gasteiger partial charge on any atom is -0.378 e. The Morgan fingerprint density at radius 3 is 2.52 bits per heavy atom. The number of ether oxygens (including phenoxy) is 1. The van der Waals surface area contributed by atoms with Gasteiger partial charge in [0.1, 0.15) is 11.4 Å². The molecule has 0 atom stereocenters. The maximum atomic E-state index is 12.7. The zero-order chi connectivity index (χ0) is 20.6. The predicted molar refractivity (Wildman–Crippen MR) is 109 cm³/mol. The first-order valence-corrected chi connectivity index (χ1v) is 10.7. The Kier molecular flexibility index (Phi) is 5.30. The number of carbonyl (C=O) groups excluding carboxylic acids is 2. The quantitative estimate of drug-likeness (QED) is 0.736. The van der Waals surface area contributed by atoms with Crippen molar-refractivity contribution in [3.05, 3.63) is 28.5 Å². The van der Waals surface area contributed by atoms with E-state index >= 15 is 0 Å². The number of thiazole rings is 1. The van der Waals surface area contributed by atoms with E-state index in [0.717, 1.165) is 36.8 Å². The maximum absolute atomic E-state index is 12.7. The van der Waals surface area contributed by atoms with Gasteiger partial charge in [-0.2, -0.15) is 5.10 Å². The van der Waals surface area contributed by atoms with Gasteiger partial charge in [0.25, 0.3) is 11.8 Å². The number of nitrogens with one attached hydrogen (secondary N) is 2. The van der Waals surface area contributed by atoms with Gasteiger partial charge in [0, 0.05) is 24.4 Å². The van der Waals surface area contributed by atoms with E-state index in [4.69, 9.17) is 4.74 Å². The lowest BCUT2D eigenvalue weighted by atomic mass is 10.1. The van der Waals surface area contributed by atoms with E-state index in [9.17, 15) is 9.59 Å². The van der Waals surface area contributed by atoms with Gasteiger partial charge >= 0.3 is 0 Å². The number of nitrogens with zero attached hydrogens (tertiary/aromatic N) is 4. The third-order valence-electron chi connectivity index (χ3n) is 4.89. The fourth-order valence-electron chi connectivity index (χ4n) is 3.16. The molecule has 2 amide bonds. The lowest BCUT2D eigenvalue weighted by molar-refractivity contribution is 0.0834. The minimum absolute atomic E-state index is 0.278. The molecular weight excluding hydrogens is 392 g/mol. The van der Waals surface area contributed by atoms with Gasteiger partial charge in [-0.3, -0.25) is 25.1 Å². The highest BCUT2D eigenvalue weighted by atomic mass is 32.1. The minimum atomic E-state index is -0.446. The summed E-state index contributed by atoms with van der Waals surface area (Å²) >= 11 is 1.41. The van der Waals surface area contributed by atoms with Crippen molar-refractivity contribution >= 4 is 28.3 Å². The Balaban J connectivity index is 1.41. The summed E-state index contributed by atoms with van der Waals surface area (Å²) in [6, 6.07) is 1.82. The second-order valence-electron chi connectivity index (χ2n) is 8.33. The average molecular weight is 419 g/mol. The van der Waals surface area contributed by atoms with Crippen LogP contribution in [0.25, 0.3) is 0 Å². The first-order chi connectivity index (χ1) is 13.8. The number of hydrogen-bond donors (Lipinski definition) is 2. The van der Waals surface area contributed by atoms with Gasteiger partial charge in [0.2, 0.25) is 0 Å². The van der Waals surface area contributed by atoms with Crippen LogP contribution in [0.4, 0.5) is 5.13 Å². The first-order valence-electron chi connectivity index (χ1n) is 9.82. The van der Waals surface area contributed by atoms with Crippen LogP contribution in [0.1, 0.15) is 66.2 Å². The van der Waals surface area contributed by atoms with Crippen LogP contribution < -0.4 is 15.8 Å². The van der Waals surface area contributed by atoms with Crippen LogP contribution in [0, 0.1) is 0 Å². The van der Waals surface area contributed by atoms with E-state index in [1.54, 1.807) is 10.1 Å². The number of rotatable bonds is 4. The molecule has 156 valence electrons. The van der Waals surface area contributed by atoms with Crippen molar-refractivity contribution in [2.24, 2.45) is 0 Å². The molecule has 2 aromatic rings. The second-order valence-corrected chi connectivity index (χ2v) is 9.17. The summed E-state index contributed by atoms with van der Waals surface area (Å²) < 4.78 is 7.06. The summed E-state index contributed by atoms with van der Waals surface area (Å²) in [6.45, 7) is 8.80. The Morgan fingerprint density at radius 2 is 1.86 bits per heavy atom. The number of carbonyl (C=O) groups is 2. The Morgan fingerprint density at radius 1 is 1.17 bits per heavy atom. The standard InChI is InChI=1S/C19H26N6O3S/c1-19(2,3)25-15(10-13(23-25)12-4-5-12)17(27)22-21-16(26)14-11-29-18(20-14)24-6-8-28-9-7-24/h10-12H,4-9H2,1-3H3,(H,21,26)(H,22,27). The molecule has 10 heteroatoms. The summed E-state index contributed by atoms with van der Waals surface area (Å²) in [5, 5.41) is 7.10. The summed E-state index contributed by atoms with van der Waals surface area (Å²) in [5.74, 6) is -0.400. The molecule has 29 heavy (non-hydrogen) atoms. The summed E-state index contributed by atoms with van der Waals surface area (Å²) in [5.41, 5.74) is 6.28. The number of hydrazine groups is 1. The average Bonchev–Trinajstić information content (AvgIpc) is 3.25. The number of anilines is 1. The Bertz CT molecular complexity index is 905. The third-order valence-corrected chi connectivity index (χ3v) is 5.79. The van der Waals surface area contributed by atoms with E-state index in [2.05, 4.69) is 25.8 Å². The summed E-state index contributed by atoms with van der Waals surface area (Å²) in [7, 11) is 0. The molecule has 0 aromatic carbocycles. The van der Waals surface area contributed by atoms with E-state index in [-0.39, 0.29) is 11.2 Å². The van der Waals surface area contributed by atoms with Crippen molar-refractivity contribution < 1.29 is 14.3 Å². The molecule has 1 aliphatic heterocycles. The van der Waals surface area contributed by atoms with Gasteiger partial charge in [-0.1, -0.05) is 0 Å². The maximum Gasteiger partial charge on any atom is 0.289 e. The van der Waals surface area contributed by atoms with Crippen LogP contribution in [0.15, 0.2) is 11.4 Å². The summed E-state index contributed by atoms with van der Waals surface area (Å²) in [4.78, 5) is 31.6. The third kappa shape index (κ3) is 4.43. The fraction of sp³-hybridized carbons (Fsp3) is 0.579. The number of aromatic nitrogens is 3. The van der Waals surface area contributed by atoms with Crippen molar-refractivity contribution in [2.45, 2.75) is 45.1 Å². The molecule has 2 N–H and O–H groups in total. The zero-order valence-electron chi connectivity index (χ0n) is 16.9. The highest BCUT2D eigenvalue weighted by molar-refractivity contribution is 7.13. The monoisotopic (exact) mass is 418 g/mol. The van der Waals surface area contributed by atoms with Crippen LogP contribution in [0.2, 0.25) is 0 Å². The SMILES string of the molecule is CC(C)(C)n1nc(C2CC2)cc1C(=O)NNC(=O)c1csc(N2CCOCC2)n1. The van der Waals surface area contributed by atoms with E-state index in [0.29, 0.717) is 24.8 Å². The molecule has 0 bridgehead atoms. The van der Waals surface area contributed by atoms with Gasteiger partial charge in [-0.25, -0.2) is 4.98 Å². The predicted octanol–water partition coefficient (Wildman–Crippen LogP) is 1.88. The Labute approximate surface area is 173 Å². The lowest BCUT2D eigenvalue weighted by Crippen LogP contribution is -2.43. The van der Waals surface area contributed by atoms with Gasteiger partial charge in [0.15, 0.2) is 5.13 Å². The fourth-order valence-corrected chi connectivity index (χ4v) is 4.02. The van der Waals surface area contributed by atoms with Crippen LogP contribution in [0.3, 0.4) is 0 Å². The largest absolute Gasteiger partial charge is 0.378 e. The normalized spacial score (nSPS) is 17.3. The molecule has 0 unspecified atom stereocenters. The molecule has 0 spiro atoms. The Hall–Kier alpha value is -2.46. The second kappa shape index (κ2) is 7.75. The molecule has 9 nitrogen and oxygen atoms in total. The van der Waals surface area contributed by atoms with Crippen LogP contribution in [-0.2, 0) is 10.3 Å². The molecule has 1 aliphatic carbocycles. The van der Waals surface area contributed by atoms with Crippen molar-refractivity contribution in [3.8, 4) is 0 Å². The topological polar surface area (TPSA) is 101 Å². The van der Waals surface area contributed by atoms with Crippen molar-refractivity contribution in [2.75, 3.05) is 31.2 Å². The molecule has 1 saturated heterocycles. The first kappa shape index (κ1) is 19.8. The number of amides is 2. The van der Waals surface area contributed by atoms with Crippen LogP contribution in [0.5, 0.6) is 0 Å². The summed E-state index contributed by atoms with van der Waals surface area (Å²) in [6.07, 6.45) is 2.21. The smallest absolute Gasteiger partial charge is 0.289 e. The van der Waals surface area contributed by atoms with Gasteiger partial charge < -0.3 is 9.64 Å². The molecule has 0 radical (unpaired) electrons. The van der Waals surface area contributed by atoms with E-state index < -0.39 is 11.8 Å². The molecule has 2 aliphatic rings. The van der Waals surface area contributed by atoms with Crippen LogP contribution in [-0.4, -0.2) is 52.9 Å².